The van der Waals surface area contributed by atoms with Gasteiger partial charge in [-0.25, -0.2) is 0 Å². The molecule has 0 amide bonds. The van der Waals surface area contributed by atoms with E-state index >= 15 is 0 Å². The smallest absolute Gasteiger partial charge is 0.313 e. The van der Waals surface area contributed by atoms with Crippen LogP contribution in [0.3, 0.4) is 0 Å². The van der Waals surface area contributed by atoms with Crippen LogP contribution in [0.25, 0.3) is 0 Å². The SMILES string of the molecule is CCCC(C)C(=O)OC1=C[C@@H]2N(C)CC[C@]2(c2ccc(OC)c(OC)c2)CC1.[HH]. The molecule has 28 heavy (non-hydrogen) atoms. The average molecular weight is 390 g/mol. The number of benzene rings is 1. The predicted molar refractivity (Wildman–Crippen MR) is 112 cm³/mol. The van der Waals surface area contributed by atoms with Gasteiger partial charge in [-0.1, -0.05) is 26.3 Å². The lowest BCUT2D eigenvalue weighted by Crippen LogP contribution is -2.42. The van der Waals surface area contributed by atoms with Gasteiger partial charge in [0.05, 0.1) is 20.1 Å². The molecule has 1 heterocycles. The molecule has 2 aliphatic rings. The van der Waals surface area contributed by atoms with Crippen molar-refractivity contribution in [3.05, 3.63) is 35.6 Å². The topological polar surface area (TPSA) is 48.0 Å². The lowest BCUT2D eigenvalue weighted by Gasteiger charge is -2.40. The molecule has 3 atom stereocenters. The molecule has 0 saturated carbocycles. The fourth-order valence-corrected chi connectivity index (χ4v) is 4.72. The van der Waals surface area contributed by atoms with Crippen LogP contribution in [0.15, 0.2) is 30.0 Å². The van der Waals surface area contributed by atoms with Crippen molar-refractivity contribution in [2.75, 3.05) is 27.8 Å². The lowest BCUT2D eigenvalue weighted by atomic mass is 9.68. The van der Waals surface area contributed by atoms with E-state index in [0.717, 1.165) is 55.9 Å². The number of carbonyl (C=O) groups excluding carboxylic acids is 1. The summed E-state index contributed by atoms with van der Waals surface area (Å²) in [6.07, 6.45) is 6.84. The Balaban J connectivity index is 0.00000300. The maximum atomic E-state index is 12.4. The van der Waals surface area contributed by atoms with Gasteiger partial charge in [0.1, 0.15) is 5.76 Å². The lowest BCUT2D eigenvalue weighted by molar-refractivity contribution is -0.144. The molecule has 0 bridgehead atoms. The van der Waals surface area contributed by atoms with Crippen molar-refractivity contribution < 1.29 is 20.4 Å². The molecule has 0 radical (unpaired) electrons. The highest BCUT2D eigenvalue weighted by molar-refractivity contribution is 5.73. The number of methoxy groups -OCH3 is 2. The van der Waals surface area contributed by atoms with E-state index in [1.807, 2.05) is 13.0 Å². The molecule has 1 saturated heterocycles. The number of esters is 1. The van der Waals surface area contributed by atoms with Crippen LogP contribution in [0, 0.1) is 5.92 Å². The van der Waals surface area contributed by atoms with Gasteiger partial charge in [-0.15, -0.1) is 0 Å². The van der Waals surface area contributed by atoms with Gasteiger partial charge in [-0.2, -0.15) is 0 Å². The number of hydrogen-bond donors (Lipinski definition) is 0. The molecule has 5 nitrogen and oxygen atoms in total. The highest BCUT2D eigenvalue weighted by Gasteiger charge is 2.48. The van der Waals surface area contributed by atoms with Crippen LogP contribution < -0.4 is 9.47 Å². The normalized spacial score (nSPS) is 25.6. The molecule has 1 aliphatic carbocycles. The highest BCUT2D eigenvalue weighted by Crippen LogP contribution is 2.49. The summed E-state index contributed by atoms with van der Waals surface area (Å²) < 4.78 is 16.7. The van der Waals surface area contributed by atoms with E-state index in [-0.39, 0.29) is 24.8 Å². The van der Waals surface area contributed by atoms with Crippen molar-refractivity contribution in [2.24, 2.45) is 5.92 Å². The van der Waals surface area contributed by atoms with Gasteiger partial charge >= 0.3 is 5.97 Å². The molecule has 1 aliphatic heterocycles. The Morgan fingerprint density at radius 2 is 2.04 bits per heavy atom. The summed E-state index contributed by atoms with van der Waals surface area (Å²) in [6.45, 7) is 5.06. The number of hydrogen-bond acceptors (Lipinski definition) is 5. The zero-order valence-corrected chi connectivity index (χ0v) is 17.8. The summed E-state index contributed by atoms with van der Waals surface area (Å²) in [4.78, 5) is 14.7. The van der Waals surface area contributed by atoms with Crippen molar-refractivity contribution in [2.45, 2.75) is 57.4 Å². The van der Waals surface area contributed by atoms with E-state index in [4.69, 9.17) is 14.2 Å². The molecular formula is C23H35NO4. The zero-order chi connectivity index (χ0) is 20.3. The molecule has 1 unspecified atom stereocenters. The summed E-state index contributed by atoms with van der Waals surface area (Å²) in [7, 11) is 5.48. The van der Waals surface area contributed by atoms with Crippen LogP contribution in [0.5, 0.6) is 11.5 Å². The Kier molecular flexibility index (Phi) is 6.33. The van der Waals surface area contributed by atoms with E-state index in [2.05, 4.69) is 37.1 Å². The molecule has 0 aromatic heterocycles. The minimum atomic E-state index is -0.104. The van der Waals surface area contributed by atoms with E-state index in [1.54, 1.807) is 14.2 Å². The number of carbonyl (C=O) groups is 1. The molecule has 0 spiro atoms. The second-order valence-corrected chi connectivity index (χ2v) is 8.15. The van der Waals surface area contributed by atoms with Crippen molar-refractivity contribution in [3.63, 3.8) is 0 Å². The van der Waals surface area contributed by atoms with Crippen molar-refractivity contribution >= 4 is 5.97 Å². The zero-order valence-electron chi connectivity index (χ0n) is 17.8. The van der Waals surface area contributed by atoms with Crippen LogP contribution in [0.2, 0.25) is 0 Å². The third kappa shape index (κ3) is 3.77. The fourth-order valence-electron chi connectivity index (χ4n) is 4.72. The Morgan fingerprint density at radius 1 is 1.29 bits per heavy atom. The first kappa shape index (κ1) is 20.7. The van der Waals surface area contributed by atoms with Crippen LogP contribution >= 0.6 is 0 Å². The van der Waals surface area contributed by atoms with Gasteiger partial charge in [0.2, 0.25) is 0 Å². The summed E-state index contributed by atoms with van der Waals surface area (Å²) in [5.74, 6) is 2.17. The molecule has 0 N–H and O–H groups in total. The Hall–Kier alpha value is -2.01. The molecule has 1 aromatic carbocycles. The number of allylic oxidation sites excluding steroid dienone is 1. The Labute approximate surface area is 170 Å². The second-order valence-electron chi connectivity index (χ2n) is 8.15. The molecular weight excluding hydrogens is 354 g/mol. The first-order valence-corrected chi connectivity index (χ1v) is 10.3. The Bertz CT molecular complexity index is 750. The molecule has 5 heteroatoms. The fraction of sp³-hybridized carbons (Fsp3) is 0.609. The van der Waals surface area contributed by atoms with Crippen LogP contribution in [0.4, 0.5) is 0 Å². The van der Waals surface area contributed by atoms with Gasteiger partial charge in [-0.05, 0) is 56.6 Å². The molecule has 1 fully saturated rings. The number of nitrogens with zero attached hydrogens (tertiary/aromatic N) is 1. The number of likely N-dealkylation sites (N-methyl/N-ethyl adjacent to an activating group) is 1. The van der Waals surface area contributed by atoms with Gasteiger partial charge < -0.3 is 14.2 Å². The first-order valence-electron chi connectivity index (χ1n) is 10.3. The second kappa shape index (κ2) is 8.56. The van der Waals surface area contributed by atoms with Crippen molar-refractivity contribution in [1.82, 2.24) is 4.90 Å². The third-order valence-corrected chi connectivity index (χ3v) is 6.43. The number of likely N-dealkylation sites (tertiary alicyclic amines) is 1. The maximum absolute atomic E-state index is 12.4. The summed E-state index contributed by atoms with van der Waals surface area (Å²) >= 11 is 0. The Morgan fingerprint density at radius 3 is 2.71 bits per heavy atom. The van der Waals surface area contributed by atoms with Crippen molar-refractivity contribution in [1.29, 1.82) is 0 Å². The predicted octanol–water partition coefficient (Wildman–Crippen LogP) is 4.55. The quantitative estimate of drug-likeness (QED) is 0.640. The van der Waals surface area contributed by atoms with Gasteiger partial charge in [0.15, 0.2) is 11.5 Å². The third-order valence-electron chi connectivity index (χ3n) is 6.43. The minimum absolute atomic E-state index is 0. The van der Waals surface area contributed by atoms with E-state index < -0.39 is 0 Å². The highest BCUT2D eigenvalue weighted by atomic mass is 16.5. The average Bonchev–Trinajstić information content (AvgIpc) is 3.05. The van der Waals surface area contributed by atoms with Crippen LogP contribution in [-0.2, 0) is 14.9 Å². The maximum Gasteiger partial charge on any atom is 0.313 e. The monoisotopic (exact) mass is 389 g/mol. The van der Waals surface area contributed by atoms with E-state index in [9.17, 15) is 4.79 Å². The number of ether oxygens (including phenoxy) is 3. The van der Waals surface area contributed by atoms with Gasteiger partial charge in [0.25, 0.3) is 0 Å². The van der Waals surface area contributed by atoms with Crippen LogP contribution in [0.1, 0.15) is 52.9 Å². The summed E-state index contributed by atoms with van der Waals surface area (Å²) in [5.41, 5.74) is 1.28. The molecule has 3 rings (SSSR count). The van der Waals surface area contributed by atoms with E-state index in [1.165, 1.54) is 5.56 Å². The summed E-state index contributed by atoms with van der Waals surface area (Å²) in [6, 6.07) is 6.47. The summed E-state index contributed by atoms with van der Waals surface area (Å²) in [5, 5.41) is 0. The van der Waals surface area contributed by atoms with E-state index in [0.29, 0.717) is 0 Å². The molecule has 1 aromatic rings. The number of fused-ring (bicyclic) bond motifs is 1. The van der Waals surface area contributed by atoms with Crippen LogP contribution in [-0.4, -0.2) is 44.7 Å². The molecule has 156 valence electrons. The number of rotatable bonds is 7. The van der Waals surface area contributed by atoms with Crippen molar-refractivity contribution in [3.8, 4) is 11.5 Å². The first-order chi connectivity index (χ1) is 13.4. The van der Waals surface area contributed by atoms with Gasteiger partial charge in [0, 0.05) is 19.3 Å². The largest absolute Gasteiger partial charge is 0.493 e. The standard InChI is InChI=1S/C23H33NO4.H2/c1-6-7-16(2)22(25)28-18-10-11-23(12-13-24(3)21(23)15-18)17-8-9-19(26-4)20(14-17)27-5;/h8-9,14-16,21H,6-7,10-13H2,1-5H3;1H/t16?,21-,23-;/m0./s1. The minimum Gasteiger partial charge on any atom is -0.493 e. The van der Waals surface area contributed by atoms with Gasteiger partial charge in [-0.3, -0.25) is 9.69 Å².